The van der Waals surface area contributed by atoms with Crippen LogP contribution in [0.3, 0.4) is 0 Å². The van der Waals surface area contributed by atoms with Gasteiger partial charge in [0.1, 0.15) is 10.5 Å². The van der Waals surface area contributed by atoms with Crippen LogP contribution in [0.4, 0.5) is 0 Å². The number of aryl methyl sites for hydroxylation is 1. The van der Waals surface area contributed by atoms with Crippen molar-refractivity contribution in [2.75, 3.05) is 13.1 Å². The number of aromatic nitrogens is 3. The largest absolute Gasteiger partial charge is 0.329 e. The highest BCUT2D eigenvalue weighted by molar-refractivity contribution is 7.89. The fraction of sp³-hybridized carbons (Fsp3) is 0.417. The summed E-state index contributed by atoms with van der Waals surface area (Å²) in [5.74, 6) is 0. The number of nitrogens with zero attached hydrogens (tertiary/aromatic N) is 2. The SMILES string of the molecule is Cn1c(=O)[nH]c(=O)c2cc(S(=O)(=O)NC3CCNC3)cnc21. The molecular formula is C12H15N5O4S. The van der Waals surface area contributed by atoms with Crippen LogP contribution in [0.15, 0.2) is 26.7 Å². The molecular weight excluding hydrogens is 310 g/mol. The quantitative estimate of drug-likeness (QED) is 0.615. The third-order valence-corrected chi connectivity index (χ3v) is 5.11. The van der Waals surface area contributed by atoms with Crippen molar-refractivity contribution < 1.29 is 8.42 Å². The standard InChI is InChI=1S/C12H15N5O4S/c1-17-10-9(11(18)15-12(17)19)4-8(6-14-10)22(20,21)16-7-2-3-13-5-7/h4,6-7,13,16H,2-3,5H2,1H3,(H,15,18,19). The van der Waals surface area contributed by atoms with E-state index in [2.05, 4.69) is 20.0 Å². The molecule has 1 unspecified atom stereocenters. The summed E-state index contributed by atoms with van der Waals surface area (Å²) in [6, 6.07) is 1.05. The number of H-pyrrole nitrogens is 1. The lowest BCUT2D eigenvalue weighted by Gasteiger charge is -2.12. The van der Waals surface area contributed by atoms with Crippen molar-refractivity contribution in [2.24, 2.45) is 7.05 Å². The summed E-state index contributed by atoms with van der Waals surface area (Å²) in [5, 5.41) is 3.11. The van der Waals surface area contributed by atoms with Crippen LogP contribution in [0.25, 0.3) is 11.0 Å². The Bertz CT molecular complexity index is 940. The molecule has 2 aromatic heterocycles. The highest BCUT2D eigenvalue weighted by Gasteiger charge is 2.23. The van der Waals surface area contributed by atoms with Gasteiger partial charge in [0, 0.05) is 25.8 Å². The molecule has 0 aliphatic carbocycles. The minimum absolute atomic E-state index is 0.0505. The molecule has 1 aliphatic rings. The van der Waals surface area contributed by atoms with Crippen molar-refractivity contribution in [3.63, 3.8) is 0 Å². The average Bonchev–Trinajstić information content (AvgIpc) is 2.96. The molecule has 3 heterocycles. The molecule has 1 saturated heterocycles. The first kappa shape index (κ1) is 14.9. The molecule has 1 fully saturated rings. The van der Waals surface area contributed by atoms with Crippen molar-refractivity contribution in [3.8, 4) is 0 Å². The van der Waals surface area contributed by atoms with Crippen LogP contribution in [0, 0.1) is 0 Å². The van der Waals surface area contributed by atoms with E-state index in [1.54, 1.807) is 0 Å². The van der Waals surface area contributed by atoms with Gasteiger partial charge in [-0.05, 0) is 19.0 Å². The van der Waals surface area contributed by atoms with Gasteiger partial charge in [0.25, 0.3) is 5.56 Å². The lowest BCUT2D eigenvalue weighted by Crippen LogP contribution is -2.36. The Morgan fingerprint density at radius 2 is 2.18 bits per heavy atom. The topological polar surface area (TPSA) is 126 Å². The van der Waals surface area contributed by atoms with Gasteiger partial charge in [-0.15, -0.1) is 0 Å². The van der Waals surface area contributed by atoms with E-state index >= 15 is 0 Å². The molecule has 0 bridgehead atoms. The minimum atomic E-state index is -3.77. The maximum atomic E-state index is 12.3. The molecule has 2 aromatic rings. The second kappa shape index (κ2) is 5.30. The molecule has 118 valence electrons. The molecule has 0 saturated carbocycles. The second-order valence-corrected chi connectivity index (χ2v) is 6.89. The van der Waals surface area contributed by atoms with Crippen molar-refractivity contribution in [3.05, 3.63) is 33.1 Å². The van der Waals surface area contributed by atoms with E-state index in [0.717, 1.165) is 17.3 Å². The van der Waals surface area contributed by atoms with E-state index in [1.807, 2.05) is 0 Å². The molecule has 0 spiro atoms. The Kier molecular flexibility index (Phi) is 3.59. The Labute approximate surface area is 125 Å². The molecule has 0 amide bonds. The predicted molar refractivity (Wildman–Crippen MR) is 79.2 cm³/mol. The fourth-order valence-electron chi connectivity index (χ4n) is 2.41. The summed E-state index contributed by atoms with van der Waals surface area (Å²) < 4.78 is 28.4. The average molecular weight is 325 g/mol. The maximum Gasteiger partial charge on any atom is 0.329 e. The molecule has 1 aliphatic heterocycles. The molecule has 1 atom stereocenters. The van der Waals surface area contributed by atoms with Crippen molar-refractivity contribution in [1.82, 2.24) is 24.6 Å². The normalized spacial score (nSPS) is 18.9. The molecule has 9 nitrogen and oxygen atoms in total. The van der Waals surface area contributed by atoms with Gasteiger partial charge in [-0.1, -0.05) is 0 Å². The smallest absolute Gasteiger partial charge is 0.315 e. The molecule has 0 aromatic carbocycles. The van der Waals surface area contributed by atoms with Crippen LogP contribution in [-0.2, 0) is 17.1 Å². The molecule has 10 heteroatoms. The first-order chi connectivity index (χ1) is 10.4. The lowest BCUT2D eigenvalue weighted by atomic mass is 10.3. The first-order valence-electron chi connectivity index (χ1n) is 6.70. The summed E-state index contributed by atoms with van der Waals surface area (Å²) >= 11 is 0. The van der Waals surface area contributed by atoms with Gasteiger partial charge < -0.3 is 5.32 Å². The third kappa shape index (κ3) is 2.56. The predicted octanol–water partition coefficient (Wildman–Crippen LogP) is -1.74. The summed E-state index contributed by atoms with van der Waals surface area (Å²) in [7, 11) is -2.32. The second-order valence-electron chi connectivity index (χ2n) is 5.17. The van der Waals surface area contributed by atoms with Crippen LogP contribution in [0.2, 0.25) is 0 Å². The van der Waals surface area contributed by atoms with Crippen LogP contribution in [-0.4, -0.2) is 42.1 Å². The van der Waals surface area contributed by atoms with E-state index in [1.165, 1.54) is 13.1 Å². The van der Waals surface area contributed by atoms with Crippen molar-refractivity contribution in [2.45, 2.75) is 17.4 Å². The number of sulfonamides is 1. The van der Waals surface area contributed by atoms with Crippen molar-refractivity contribution >= 4 is 21.1 Å². The summed E-state index contributed by atoms with van der Waals surface area (Å²) in [6.45, 7) is 1.32. The summed E-state index contributed by atoms with van der Waals surface area (Å²) in [4.78, 5) is 29.3. The van der Waals surface area contributed by atoms with Gasteiger partial charge in [-0.2, -0.15) is 0 Å². The van der Waals surface area contributed by atoms with Gasteiger partial charge in [-0.25, -0.2) is 22.9 Å². The number of fused-ring (bicyclic) bond motifs is 1. The van der Waals surface area contributed by atoms with E-state index in [0.29, 0.717) is 13.0 Å². The number of nitrogens with one attached hydrogen (secondary N) is 3. The minimum Gasteiger partial charge on any atom is -0.315 e. The monoisotopic (exact) mass is 325 g/mol. The third-order valence-electron chi connectivity index (χ3n) is 3.62. The van der Waals surface area contributed by atoms with Crippen LogP contribution < -0.4 is 21.3 Å². The summed E-state index contributed by atoms with van der Waals surface area (Å²) in [6.07, 6.45) is 1.85. The molecule has 3 N–H and O–H groups in total. The Morgan fingerprint density at radius 1 is 1.41 bits per heavy atom. The van der Waals surface area contributed by atoms with Crippen molar-refractivity contribution in [1.29, 1.82) is 0 Å². The van der Waals surface area contributed by atoms with Crippen LogP contribution in [0.5, 0.6) is 0 Å². The number of rotatable bonds is 3. The zero-order valence-electron chi connectivity index (χ0n) is 11.8. The number of hydrogen-bond acceptors (Lipinski definition) is 6. The molecule has 22 heavy (non-hydrogen) atoms. The van der Waals surface area contributed by atoms with Gasteiger partial charge in [0.15, 0.2) is 0 Å². The highest BCUT2D eigenvalue weighted by Crippen LogP contribution is 2.13. The lowest BCUT2D eigenvalue weighted by molar-refractivity contribution is 0.560. The first-order valence-corrected chi connectivity index (χ1v) is 8.19. The zero-order valence-corrected chi connectivity index (χ0v) is 12.6. The summed E-state index contributed by atoms with van der Waals surface area (Å²) in [5.41, 5.74) is -1.13. The van der Waals surface area contributed by atoms with Gasteiger partial charge in [0.05, 0.1) is 5.39 Å². The Balaban J connectivity index is 2.08. The van der Waals surface area contributed by atoms with E-state index in [4.69, 9.17) is 0 Å². The van der Waals surface area contributed by atoms with E-state index in [-0.39, 0.29) is 22.0 Å². The Hall–Kier alpha value is -2.04. The highest BCUT2D eigenvalue weighted by atomic mass is 32.2. The van der Waals surface area contributed by atoms with E-state index in [9.17, 15) is 18.0 Å². The molecule has 0 radical (unpaired) electrons. The van der Waals surface area contributed by atoms with Crippen LogP contribution in [0.1, 0.15) is 6.42 Å². The van der Waals surface area contributed by atoms with Crippen LogP contribution >= 0.6 is 0 Å². The Morgan fingerprint density at radius 3 is 2.86 bits per heavy atom. The number of aromatic amines is 1. The van der Waals surface area contributed by atoms with Gasteiger partial charge in [0.2, 0.25) is 10.0 Å². The number of hydrogen-bond donors (Lipinski definition) is 3. The van der Waals surface area contributed by atoms with E-state index < -0.39 is 21.3 Å². The zero-order chi connectivity index (χ0) is 15.9. The van der Waals surface area contributed by atoms with Gasteiger partial charge >= 0.3 is 5.69 Å². The fourth-order valence-corrected chi connectivity index (χ4v) is 3.65. The number of pyridine rings is 1. The maximum absolute atomic E-state index is 12.3. The van der Waals surface area contributed by atoms with Gasteiger partial charge in [-0.3, -0.25) is 14.3 Å². The molecule has 3 rings (SSSR count).